The summed E-state index contributed by atoms with van der Waals surface area (Å²) in [6, 6.07) is 5.75. The molecule has 1 saturated heterocycles. The Hall–Kier alpha value is -1.84. The molecule has 2 unspecified atom stereocenters. The summed E-state index contributed by atoms with van der Waals surface area (Å²) in [5.74, 6) is 0.122. The van der Waals surface area contributed by atoms with Crippen molar-refractivity contribution in [3.63, 3.8) is 0 Å². The summed E-state index contributed by atoms with van der Waals surface area (Å²) >= 11 is 0. The van der Waals surface area contributed by atoms with Crippen molar-refractivity contribution in [1.29, 1.82) is 0 Å². The fraction of sp³-hybridized carbons (Fsp3) is 0.529. The zero-order chi connectivity index (χ0) is 15.6. The molecule has 1 aliphatic heterocycles. The van der Waals surface area contributed by atoms with E-state index in [2.05, 4.69) is 31.3 Å². The molecule has 1 N–H and O–H groups in total. The largest absolute Gasteiger partial charge is 0.345 e. The van der Waals surface area contributed by atoms with Crippen molar-refractivity contribution in [2.75, 3.05) is 6.54 Å². The van der Waals surface area contributed by atoms with E-state index >= 15 is 0 Å². The standard InChI is InChI=1S/C17H24N2O2/c1-5-11(2)16-17(21)18-9-15(20)19(16)10-14-12(3)7-6-8-13(14)4/h6-8,11,16H,5,9-10H2,1-4H3,(H,18,21). The highest BCUT2D eigenvalue weighted by molar-refractivity contribution is 5.95. The van der Waals surface area contributed by atoms with E-state index in [1.807, 2.05) is 19.9 Å². The first-order valence-corrected chi connectivity index (χ1v) is 7.58. The molecular weight excluding hydrogens is 264 g/mol. The van der Waals surface area contributed by atoms with E-state index in [-0.39, 0.29) is 30.3 Å². The molecule has 1 aromatic carbocycles. The smallest absolute Gasteiger partial charge is 0.243 e. The quantitative estimate of drug-likeness (QED) is 0.923. The number of amides is 2. The van der Waals surface area contributed by atoms with Gasteiger partial charge in [-0.15, -0.1) is 0 Å². The van der Waals surface area contributed by atoms with Gasteiger partial charge < -0.3 is 10.2 Å². The topological polar surface area (TPSA) is 49.4 Å². The maximum Gasteiger partial charge on any atom is 0.243 e. The van der Waals surface area contributed by atoms with Crippen molar-refractivity contribution < 1.29 is 9.59 Å². The Morgan fingerprint density at radius 3 is 2.48 bits per heavy atom. The molecule has 1 aromatic rings. The summed E-state index contributed by atoms with van der Waals surface area (Å²) in [5.41, 5.74) is 3.47. The van der Waals surface area contributed by atoms with Gasteiger partial charge in [0.2, 0.25) is 11.8 Å². The first kappa shape index (κ1) is 15.5. The normalized spacial score (nSPS) is 20.4. The Kier molecular flexibility index (Phi) is 4.66. The molecule has 4 nitrogen and oxygen atoms in total. The maximum absolute atomic E-state index is 12.3. The van der Waals surface area contributed by atoms with E-state index in [0.29, 0.717) is 6.54 Å². The number of benzene rings is 1. The summed E-state index contributed by atoms with van der Waals surface area (Å²) in [7, 11) is 0. The number of hydrogen-bond acceptors (Lipinski definition) is 2. The molecule has 0 aliphatic carbocycles. The Morgan fingerprint density at radius 1 is 1.29 bits per heavy atom. The Morgan fingerprint density at radius 2 is 1.90 bits per heavy atom. The van der Waals surface area contributed by atoms with Crippen molar-refractivity contribution >= 4 is 11.8 Å². The molecule has 0 radical (unpaired) electrons. The number of hydrogen-bond donors (Lipinski definition) is 1. The second kappa shape index (κ2) is 6.29. The third-order valence-electron chi connectivity index (χ3n) is 4.49. The lowest BCUT2D eigenvalue weighted by molar-refractivity contribution is -0.148. The van der Waals surface area contributed by atoms with Crippen molar-refractivity contribution in [1.82, 2.24) is 10.2 Å². The van der Waals surface area contributed by atoms with Gasteiger partial charge in [0.15, 0.2) is 0 Å². The average molecular weight is 288 g/mol. The van der Waals surface area contributed by atoms with Crippen LogP contribution in [0.15, 0.2) is 18.2 Å². The minimum absolute atomic E-state index is 0.00236. The number of carbonyl (C=O) groups excluding carboxylic acids is 2. The third kappa shape index (κ3) is 3.09. The summed E-state index contributed by atoms with van der Waals surface area (Å²) in [6.45, 7) is 8.80. The van der Waals surface area contributed by atoms with Gasteiger partial charge in [-0.25, -0.2) is 0 Å². The lowest BCUT2D eigenvalue weighted by Gasteiger charge is -2.38. The molecular formula is C17H24N2O2. The molecule has 114 valence electrons. The summed E-state index contributed by atoms with van der Waals surface area (Å²) in [6.07, 6.45) is 0.870. The van der Waals surface area contributed by atoms with Gasteiger partial charge >= 0.3 is 0 Å². The van der Waals surface area contributed by atoms with Crippen LogP contribution in [-0.2, 0) is 16.1 Å². The highest BCUT2D eigenvalue weighted by Gasteiger charge is 2.37. The van der Waals surface area contributed by atoms with E-state index < -0.39 is 0 Å². The number of nitrogens with one attached hydrogen (secondary N) is 1. The molecule has 2 rings (SSSR count). The predicted molar refractivity (Wildman–Crippen MR) is 82.7 cm³/mol. The van der Waals surface area contributed by atoms with Crippen LogP contribution in [0.5, 0.6) is 0 Å². The van der Waals surface area contributed by atoms with Gasteiger partial charge in [0.25, 0.3) is 0 Å². The van der Waals surface area contributed by atoms with Gasteiger partial charge in [-0.05, 0) is 36.5 Å². The second-order valence-electron chi connectivity index (χ2n) is 5.94. The molecule has 1 fully saturated rings. The number of aryl methyl sites for hydroxylation is 2. The van der Waals surface area contributed by atoms with Crippen LogP contribution in [0.3, 0.4) is 0 Å². The van der Waals surface area contributed by atoms with Gasteiger partial charge in [-0.1, -0.05) is 38.5 Å². The van der Waals surface area contributed by atoms with Crippen LogP contribution in [0, 0.1) is 19.8 Å². The third-order valence-corrected chi connectivity index (χ3v) is 4.49. The van der Waals surface area contributed by atoms with Crippen LogP contribution >= 0.6 is 0 Å². The molecule has 21 heavy (non-hydrogen) atoms. The van der Waals surface area contributed by atoms with Gasteiger partial charge in [0, 0.05) is 6.54 Å². The monoisotopic (exact) mass is 288 g/mol. The predicted octanol–water partition coefficient (Wildman–Crippen LogP) is 2.18. The first-order valence-electron chi connectivity index (χ1n) is 7.58. The summed E-state index contributed by atoms with van der Waals surface area (Å²) in [4.78, 5) is 26.3. The van der Waals surface area contributed by atoms with Gasteiger partial charge in [0.1, 0.15) is 6.04 Å². The van der Waals surface area contributed by atoms with Gasteiger partial charge in [-0.2, -0.15) is 0 Å². The molecule has 0 saturated carbocycles. The molecule has 4 heteroatoms. The van der Waals surface area contributed by atoms with E-state index in [9.17, 15) is 9.59 Å². The molecule has 0 aromatic heterocycles. The van der Waals surface area contributed by atoms with Crippen molar-refractivity contribution in [2.45, 2.75) is 46.7 Å². The minimum Gasteiger partial charge on any atom is -0.345 e. The highest BCUT2D eigenvalue weighted by atomic mass is 16.2. The van der Waals surface area contributed by atoms with Crippen LogP contribution in [0.4, 0.5) is 0 Å². The zero-order valence-electron chi connectivity index (χ0n) is 13.3. The summed E-state index contributed by atoms with van der Waals surface area (Å²) < 4.78 is 0. The fourth-order valence-corrected chi connectivity index (χ4v) is 2.91. The molecule has 2 atom stereocenters. The van der Waals surface area contributed by atoms with Crippen LogP contribution in [0.2, 0.25) is 0 Å². The SMILES string of the molecule is CCC(C)C1C(=O)NCC(=O)N1Cc1c(C)cccc1C. The average Bonchev–Trinajstić information content (AvgIpc) is 2.45. The van der Waals surface area contributed by atoms with Gasteiger partial charge in [-0.3, -0.25) is 9.59 Å². The lowest BCUT2D eigenvalue weighted by Crippen LogP contribution is -2.60. The molecule has 0 bridgehead atoms. The lowest BCUT2D eigenvalue weighted by atomic mass is 9.93. The van der Waals surface area contributed by atoms with Crippen LogP contribution < -0.4 is 5.32 Å². The molecule has 2 amide bonds. The van der Waals surface area contributed by atoms with E-state index in [1.165, 1.54) is 0 Å². The van der Waals surface area contributed by atoms with Crippen molar-refractivity contribution in [2.24, 2.45) is 5.92 Å². The first-order chi connectivity index (χ1) is 9.95. The van der Waals surface area contributed by atoms with E-state index in [0.717, 1.165) is 23.1 Å². The van der Waals surface area contributed by atoms with Crippen molar-refractivity contribution in [3.8, 4) is 0 Å². The molecule has 1 heterocycles. The van der Waals surface area contributed by atoms with Crippen LogP contribution in [-0.4, -0.2) is 29.3 Å². The maximum atomic E-state index is 12.3. The Balaban J connectivity index is 2.33. The number of carbonyl (C=O) groups is 2. The highest BCUT2D eigenvalue weighted by Crippen LogP contribution is 2.23. The molecule has 0 spiro atoms. The number of nitrogens with zero attached hydrogens (tertiary/aromatic N) is 1. The van der Waals surface area contributed by atoms with Gasteiger partial charge in [0.05, 0.1) is 6.54 Å². The molecule has 1 aliphatic rings. The zero-order valence-corrected chi connectivity index (χ0v) is 13.3. The minimum atomic E-state index is -0.366. The number of piperazine rings is 1. The van der Waals surface area contributed by atoms with E-state index in [4.69, 9.17) is 0 Å². The van der Waals surface area contributed by atoms with Crippen molar-refractivity contribution in [3.05, 3.63) is 34.9 Å². The second-order valence-corrected chi connectivity index (χ2v) is 5.94. The Bertz CT molecular complexity index is 533. The fourth-order valence-electron chi connectivity index (χ4n) is 2.91. The van der Waals surface area contributed by atoms with Crippen LogP contribution in [0.1, 0.15) is 37.0 Å². The Labute approximate surface area is 126 Å². The summed E-state index contributed by atoms with van der Waals surface area (Å²) in [5, 5.41) is 2.71. The number of rotatable bonds is 4. The van der Waals surface area contributed by atoms with E-state index in [1.54, 1.807) is 4.90 Å². The van der Waals surface area contributed by atoms with Crippen LogP contribution in [0.25, 0.3) is 0 Å².